The predicted molar refractivity (Wildman–Crippen MR) is 86.2 cm³/mol. The molecule has 2 rings (SSSR count). The average molecular weight is 328 g/mol. The Bertz CT molecular complexity index is 616. The first-order valence-corrected chi connectivity index (χ1v) is 9.91. The number of benzene rings is 1. The molecule has 7 heteroatoms. The summed E-state index contributed by atoms with van der Waals surface area (Å²) in [7, 11) is -3.29. The van der Waals surface area contributed by atoms with Crippen LogP contribution in [0.5, 0.6) is 0 Å². The highest BCUT2D eigenvalue weighted by atomic mass is 32.2. The van der Waals surface area contributed by atoms with E-state index in [0.29, 0.717) is 30.8 Å². The van der Waals surface area contributed by atoms with Gasteiger partial charge in [-0.3, -0.25) is 4.79 Å². The number of carbonyl (C=O) groups excluding carboxylic acids is 1. The van der Waals surface area contributed by atoms with Crippen LogP contribution in [0.2, 0.25) is 0 Å². The maximum atomic E-state index is 12.8. The molecule has 1 heterocycles. The van der Waals surface area contributed by atoms with Gasteiger partial charge >= 0.3 is 0 Å². The molecule has 0 aliphatic carbocycles. The second-order valence-electron chi connectivity index (χ2n) is 5.05. The maximum absolute atomic E-state index is 12.8. The lowest BCUT2D eigenvalue weighted by Gasteiger charge is -2.34. The van der Waals surface area contributed by atoms with E-state index in [2.05, 4.69) is 0 Å². The van der Waals surface area contributed by atoms with Gasteiger partial charge in [-0.25, -0.2) is 8.42 Å². The predicted octanol–water partition coefficient (Wildman–Crippen LogP) is 0.748. The molecule has 0 aromatic heterocycles. The van der Waals surface area contributed by atoms with E-state index in [0.717, 1.165) is 11.3 Å². The largest absolute Gasteiger partial charge is 0.330 e. The Labute approximate surface area is 129 Å². The average Bonchev–Trinajstić information content (AvgIpc) is 2.46. The van der Waals surface area contributed by atoms with Gasteiger partial charge in [-0.2, -0.15) is 11.8 Å². The molecule has 1 atom stereocenters. The summed E-state index contributed by atoms with van der Waals surface area (Å²) in [5, 5.41) is -0.741. The summed E-state index contributed by atoms with van der Waals surface area (Å²) in [6, 6.07) is 7.27. The summed E-state index contributed by atoms with van der Waals surface area (Å²) in [4.78, 5) is 14.3. The van der Waals surface area contributed by atoms with Crippen molar-refractivity contribution >= 4 is 27.5 Å². The van der Waals surface area contributed by atoms with Crippen LogP contribution in [0, 0.1) is 0 Å². The molecule has 1 amide bonds. The van der Waals surface area contributed by atoms with Gasteiger partial charge in [-0.05, 0) is 24.6 Å². The molecule has 0 saturated carbocycles. The molecule has 1 unspecified atom stereocenters. The van der Waals surface area contributed by atoms with Crippen LogP contribution < -0.4 is 5.73 Å². The molecule has 1 aromatic carbocycles. The van der Waals surface area contributed by atoms with E-state index < -0.39 is 15.2 Å². The van der Waals surface area contributed by atoms with Gasteiger partial charge in [0.2, 0.25) is 0 Å². The quantitative estimate of drug-likeness (QED) is 0.882. The van der Waals surface area contributed by atoms with Crippen molar-refractivity contribution in [3.05, 3.63) is 35.4 Å². The van der Waals surface area contributed by atoms with Crippen LogP contribution in [0.4, 0.5) is 0 Å². The lowest BCUT2D eigenvalue weighted by Crippen LogP contribution is -2.50. The Kier molecular flexibility index (Phi) is 5.29. The van der Waals surface area contributed by atoms with Crippen molar-refractivity contribution in [3.63, 3.8) is 0 Å². The first kappa shape index (κ1) is 16.3. The summed E-state index contributed by atoms with van der Waals surface area (Å²) >= 11 is 1.57. The van der Waals surface area contributed by atoms with Crippen LogP contribution in [0.3, 0.4) is 0 Å². The highest BCUT2D eigenvalue weighted by Gasteiger charge is 2.35. The fraction of sp³-hybridized carbons (Fsp3) is 0.500. The van der Waals surface area contributed by atoms with Gasteiger partial charge in [-0.1, -0.05) is 18.2 Å². The van der Waals surface area contributed by atoms with Gasteiger partial charge in [0, 0.05) is 29.9 Å². The number of nitrogens with two attached hydrogens (primary N) is 1. The SMILES string of the molecule is CS(=O)(=O)C1CSCCN1C(=O)c1ccccc1CCN. The third-order valence-corrected chi connectivity index (χ3v) is 6.14. The summed E-state index contributed by atoms with van der Waals surface area (Å²) in [6.07, 6.45) is 1.80. The van der Waals surface area contributed by atoms with Gasteiger partial charge in [-0.15, -0.1) is 0 Å². The molecule has 1 fully saturated rings. The van der Waals surface area contributed by atoms with Crippen LogP contribution in [0.15, 0.2) is 24.3 Å². The Balaban J connectivity index is 2.33. The molecule has 1 aliphatic rings. The van der Waals surface area contributed by atoms with E-state index in [9.17, 15) is 13.2 Å². The van der Waals surface area contributed by atoms with Crippen LogP contribution in [-0.2, 0) is 16.3 Å². The number of amides is 1. The third-order valence-electron chi connectivity index (χ3n) is 3.50. The summed E-state index contributed by atoms with van der Waals surface area (Å²) in [5.74, 6) is 0.982. The minimum atomic E-state index is -3.29. The van der Waals surface area contributed by atoms with Crippen molar-refractivity contribution < 1.29 is 13.2 Å². The molecule has 1 saturated heterocycles. The smallest absolute Gasteiger partial charge is 0.255 e. The third kappa shape index (κ3) is 3.78. The van der Waals surface area contributed by atoms with E-state index in [-0.39, 0.29) is 5.91 Å². The monoisotopic (exact) mass is 328 g/mol. The number of nitrogens with zero attached hydrogens (tertiary/aromatic N) is 1. The Morgan fingerprint density at radius 2 is 2.14 bits per heavy atom. The van der Waals surface area contributed by atoms with Crippen molar-refractivity contribution in [1.29, 1.82) is 0 Å². The Morgan fingerprint density at radius 3 is 2.81 bits per heavy atom. The molecule has 0 spiro atoms. The molecule has 21 heavy (non-hydrogen) atoms. The second kappa shape index (κ2) is 6.81. The Morgan fingerprint density at radius 1 is 1.43 bits per heavy atom. The number of thioether (sulfide) groups is 1. The van der Waals surface area contributed by atoms with Crippen LogP contribution in [-0.4, -0.2) is 55.4 Å². The molecule has 0 radical (unpaired) electrons. The van der Waals surface area contributed by atoms with Crippen LogP contribution in [0.25, 0.3) is 0 Å². The molecular formula is C14H20N2O3S2. The van der Waals surface area contributed by atoms with Gasteiger partial charge in [0.15, 0.2) is 9.84 Å². The van der Waals surface area contributed by atoms with Crippen LogP contribution >= 0.6 is 11.8 Å². The van der Waals surface area contributed by atoms with E-state index >= 15 is 0 Å². The number of sulfone groups is 1. The van der Waals surface area contributed by atoms with E-state index in [4.69, 9.17) is 5.73 Å². The van der Waals surface area contributed by atoms with Gasteiger partial charge in [0.05, 0.1) is 0 Å². The van der Waals surface area contributed by atoms with Crippen LogP contribution in [0.1, 0.15) is 15.9 Å². The molecule has 1 aliphatic heterocycles. The van der Waals surface area contributed by atoms with Crippen molar-refractivity contribution in [2.75, 3.05) is 30.9 Å². The normalized spacial score (nSPS) is 19.5. The molecule has 5 nitrogen and oxygen atoms in total. The van der Waals surface area contributed by atoms with Crippen molar-refractivity contribution in [1.82, 2.24) is 4.90 Å². The molecule has 116 valence electrons. The summed E-state index contributed by atoms with van der Waals surface area (Å²) in [5.41, 5.74) is 7.01. The second-order valence-corrected chi connectivity index (χ2v) is 8.41. The van der Waals surface area contributed by atoms with Crippen molar-refractivity contribution in [3.8, 4) is 0 Å². The van der Waals surface area contributed by atoms with E-state index in [1.54, 1.807) is 23.9 Å². The minimum Gasteiger partial charge on any atom is -0.330 e. The van der Waals surface area contributed by atoms with Crippen molar-refractivity contribution in [2.24, 2.45) is 5.73 Å². The molecule has 1 aromatic rings. The summed E-state index contributed by atoms with van der Waals surface area (Å²) in [6.45, 7) is 0.911. The molecule has 0 bridgehead atoms. The number of rotatable bonds is 4. The fourth-order valence-corrected chi connectivity index (χ4v) is 5.24. The Hall–Kier alpha value is -1.05. The van der Waals surface area contributed by atoms with Gasteiger partial charge in [0.1, 0.15) is 5.37 Å². The topological polar surface area (TPSA) is 80.5 Å². The number of carbonyl (C=O) groups is 1. The zero-order chi connectivity index (χ0) is 15.5. The molecule has 2 N–H and O–H groups in total. The first-order valence-electron chi connectivity index (χ1n) is 6.80. The summed E-state index contributed by atoms with van der Waals surface area (Å²) < 4.78 is 23.8. The van der Waals surface area contributed by atoms with Gasteiger partial charge < -0.3 is 10.6 Å². The van der Waals surface area contributed by atoms with E-state index in [1.165, 1.54) is 11.2 Å². The zero-order valence-corrected chi connectivity index (χ0v) is 13.6. The number of hydrogen-bond acceptors (Lipinski definition) is 5. The van der Waals surface area contributed by atoms with Gasteiger partial charge in [0.25, 0.3) is 5.91 Å². The minimum absolute atomic E-state index is 0.213. The zero-order valence-electron chi connectivity index (χ0n) is 12.0. The van der Waals surface area contributed by atoms with Crippen molar-refractivity contribution in [2.45, 2.75) is 11.8 Å². The lowest BCUT2D eigenvalue weighted by atomic mass is 10.0. The highest BCUT2D eigenvalue weighted by Crippen LogP contribution is 2.23. The fourth-order valence-electron chi connectivity index (χ4n) is 2.43. The highest BCUT2D eigenvalue weighted by molar-refractivity contribution is 8.00. The molecular weight excluding hydrogens is 308 g/mol. The number of hydrogen-bond donors (Lipinski definition) is 1. The first-order chi connectivity index (χ1) is 9.95. The standard InChI is InChI=1S/C14H20N2O3S2/c1-21(18,19)13-10-20-9-8-16(13)14(17)12-5-3-2-4-11(12)6-7-15/h2-5,13H,6-10,15H2,1H3. The van der Waals surface area contributed by atoms with E-state index in [1.807, 2.05) is 12.1 Å². The lowest BCUT2D eigenvalue weighted by molar-refractivity contribution is 0.0748. The maximum Gasteiger partial charge on any atom is 0.255 e.